The van der Waals surface area contributed by atoms with E-state index >= 15 is 0 Å². The molecule has 3 aromatic carbocycles. The van der Waals surface area contributed by atoms with Crippen LogP contribution in [0.25, 0.3) is 0 Å². The molecular weight excluding hydrogens is 541 g/mol. The molecule has 2 amide bonds. The Morgan fingerprint density at radius 2 is 1.74 bits per heavy atom. The molecule has 0 aliphatic carbocycles. The lowest BCUT2D eigenvalue weighted by Gasteiger charge is -2.19. The molecule has 0 spiro atoms. The number of thioether (sulfide) groups is 1. The van der Waals surface area contributed by atoms with Crippen LogP contribution in [-0.4, -0.2) is 17.1 Å². The van der Waals surface area contributed by atoms with E-state index in [0.717, 1.165) is 21.8 Å². The minimum absolute atomic E-state index is 0.183. The van der Waals surface area contributed by atoms with Crippen molar-refractivity contribution in [3.8, 4) is 6.07 Å². The summed E-state index contributed by atoms with van der Waals surface area (Å²) in [6, 6.07) is 21.4. The lowest BCUT2D eigenvalue weighted by Crippen LogP contribution is -2.30. The van der Waals surface area contributed by atoms with E-state index in [9.17, 15) is 19.2 Å². The molecule has 1 aliphatic heterocycles. The molecule has 1 N–H and O–H groups in total. The molecule has 1 atom stereocenters. The maximum atomic E-state index is 13.4. The number of hydrogen-bond acceptors (Lipinski definition) is 4. The summed E-state index contributed by atoms with van der Waals surface area (Å²) in [5.74, 6) is -1.26. The Balaban J connectivity index is 1.71. The van der Waals surface area contributed by atoms with Crippen molar-refractivity contribution < 1.29 is 14.0 Å². The van der Waals surface area contributed by atoms with Crippen molar-refractivity contribution in [2.75, 3.05) is 10.2 Å². The van der Waals surface area contributed by atoms with Gasteiger partial charge in [-0.1, -0.05) is 51.4 Å². The van der Waals surface area contributed by atoms with Crippen LogP contribution in [0.5, 0.6) is 0 Å². The Kier molecular flexibility index (Phi) is 7.37. The fraction of sp³-hybridized carbons (Fsp3) is 0.0800. The third-order valence-corrected chi connectivity index (χ3v) is 7.07. The quantitative estimate of drug-likeness (QED) is 0.295. The maximum Gasteiger partial charge on any atom is 0.269 e. The number of nitriles is 1. The van der Waals surface area contributed by atoms with Crippen molar-refractivity contribution in [2.24, 2.45) is 0 Å². The summed E-state index contributed by atoms with van der Waals surface area (Å²) < 4.78 is 14.1. The summed E-state index contributed by atoms with van der Waals surface area (Å²) >= 11 is 10.4. The van der Waals surface area contributed by atoms with Crippen LogP contribution in [0.4, 0.5) is 15.8 Å². The highest BCUT2D eigenvalue weighted by Gasteiger charge is 2.40. The van der Waals surface area contributed by atoms with Gasteiger partial charge in [-0.2, -0.15) is 5.26 Å². The summed E-state index contributed by atoms with van der Waals surface area (Å²) in [6.07, 6.45) is 0.317. The monoisotopic (exact) mass is 555 g/mol. The lowest BCUT2D eigenvalue weighted by molar-refractivity contribution is -0.117. The molecule has 3 aromatic rings. The molecule has 1 unspecified atom stereocenters. The van der Waals surface area contributed by atoms with Gasteiger partial charge in [0.2, 0.25) is 5.91 Å². The second-order valence-electron chi connectivity index (χ2n) is 7.34. The highest BCUT2D eigenvalue weighted by Crippen LogP contribution is 2.42. The minimum Gasteiger partial charge on any atom is -0.321 e. The molecule has 1 fully saturated rings. The van der Waals surface area contributed by atoms with Crippen molar-refractivity contribution in [1.29, 1.82) is 5.26 Å². The third kappa shape index (κ3) is 5.33. The van der Waals surface area contributed by atoms with Crippen LogP contribution in [0.2, 0.25) is 5.02 Å². The normalized spacial score (nSPS) is 16.8. The van der Waals surface area contributed by atoms with E-state index in [1.54, 1.807) is 60.7 Å². The molecule has 0 bridgehead atoms. The van der Waals surface area contributed by atoms with Gasteiger partial charge >= 0.3 is 0 Å². The van der Waals surface area contributed by atoms with Crippen LogP contribution in [0.3, 0.4) is 0 Å². The Morgan fingerprint density at radius 3 is 2.35 bits per heavy atom. The molecule has 0 aromatic heterocycles. The Hall–Kier alpha value is -3.12. The van der Waals surface area contributed by atoms with Crippen LogP contribution in [-0.2, 0) is 16.0 Å². The number of anilines is 2. The molecule has 0 radical (unpaired) electrons. The number of halogens is 3. The number of carbonyl (C=O) groups excluding carboxylic acids is 2. The van der Waals surface area contributed by atoms with Crippen molar-refractivity contribution in [3.05, 3.63) is 104 Å². The zero-order valence-corrected chi connectivity index (χ0v) is 20.6. The fourth-order valence-corrected chi connectivity index (χ4v) is 5.07. The first kappa shape index (κ1) is 24.0. The molecule has 170 valence electrons. The number of nitrogens with one attached hydrogen (secondary N) is 1. The highest BCUT2D eigenvalue weighted by molar-refractivity contribution is 9.10. The van der Waals surface area contributed by atoms with Crippen LogP contribution >= 0.6 is 39.3 Å². The standard InChI is InChI=1S/C25H16BrClFN3O2S/c26-16-3-11-20(12-4-16)31-24(33)22(13-15-1-7-18(28)8-2-15)34-25(31)21(14-29)23(32)30-19-9-5-17(27)6-10-19/h1-12,22H,13H2,(H,30,32). The summed E-state index contributed by atoms with van der Waals surface area (Å²) in [5, 5.41) is 12.7. The van der Waals surface area contributed by atoms with Crippen LogP contribution in [0, 0.1) is 17.1 Å². The van der Waals surface area contributed by atoms with E-state index < -0.39 is 11.2 Å². The van der Waals surface area contributed by atoms with E-state index in [1.165, 1.54) is 17.0 Å². The summed E-state index contributed by atoms with van der Waals surface area (Å²) in [5.41, 5.74) is 1.59. The zero-order valence-electron chi connectivity index (χ0n) is 17.5. The number of amides is 2. The minimum atomic E-state index is -0.635. The van der Waals surface area contributed by atoms with Gasteiger partial charge in [0.1, 0.15) is 22.5 Å². The summed E-state index contributed by atoms with van der Waals surface area (Å²) in [4.78, 5) is 27.9. The Bertz CT molecular complexity index is 1310. The molecular formula is C25H16BrClFN3O2S. The van der Waals surface area contributed by atoms with Gasteiger partial charge < -0.3 is 5.32 Å². The zero-order chi connectivity index (χ0) is 24.2. The fourth-order valence-electron chi connectivity index (χ4n) is 3.37. The number of rotatable bonds is 5. The first-order chi connectivity index (χ1) is 16.4. The van der Waals surface area contributed by atoms with Gasteiger partial charge in [0.15, 0.2) is 0 Å². The second-order valence-corrected chi connectivity index (χ2v) is 9.88. The van der Waals surface area contributed by atoms with Crippen molar-refractivity contribution >= 4 is 62.5 Å². The molecule has 4 rings (SSSR count). The molecule has 0 saturated carbocycles. The average Bonchev–Trinajstić information content (AvgIpc) is 3.13. The van der Waals surface area contributed by atoms with Gasteiger partial charge in [-0.15, -0.1) is 0 Å². The lowest BCUT2D eigenvalue weighted by atomic mass is 10.1. The van der Waals surface area contributed by atoms with E-state index in [0.29, 0.717) is 22.8 Å². The van der Waals surface area contributed by atoms with Crippen molar-refractivity contribution in [3.63, 3.8) is 0 Å². The highest BCUT2D eigenvalue weighted by atomic mass is 79.9. The topological polar surface area (TPSA) is 73.2 Å². The predicted molar refractivity (Wildman–Crippen MR) is 136 cm³/mol. The Morgan fingerprint density at radius 1 is 1.09 bits per heavy atom. The number of hydrogen-bond donors (Lipinski definition) is 1. The Labute approximate surface area is 213 Å². The maximum absolute atomic E-state index is 13.4. The van der Waals surface area contributed by atoms with Crippen LogP contribution < -0.4 is 10.2 Å². The molecule has 1 aliphatic rings. The number of nitrogens with zero attached hydrogens (tertiary/aromatic N) is 2. The first-order valence-corrected chi connectivity index (χ1v) is 12.1. The average molecular weight is 557 g/mol. The van der Waals surface area contributed by atoms with Crippen molar-refractivity contribution in [1.82, 2.24) is 0 Å². The third-order valence-electron chi connectivity index (χ3n) is 5.03. The molecule has 1 saturated heterocycles. The van der Waals surface area contributed by atoms with Gasteiger partial charge in [-0.05, 0) is 72.6 Å². The predicted octanol–water partition coefficient (Wildman–Crippen LogP) is 6.31. The van der Waals surface area contributed by atoms with Gasteiger partial charge in [-0.25, -0.2) is 4.39 Å². The van der Waals surface area contributed by atoms with E-state index in [1.807, 2.05) is 6.07 Å². The van der Waals surface area contributed by atoms with Gasteiger partial charge in [-0.3, -0.25) is 14.5 Å². The summed E-state index contributed by atoms with van der Waals surface area (Å²) in [7, 11) is 0. The van der Waals surface area contributed by atoms with Gasteiger partial charge in [0.25, 0.3) is 5.91 Å². The number of carbonyl (C=O) groups is 2. The number of benzene rings is 3. The second kappa shape index (κ2) is 10.4. The smallest absolute Gasteiger partial charge is 0.269 e. The van der Waals surface area contributed by atoms with E-state index in [-0.39, 0.29) is 22.3 Å². The van der Waals surface area contributed by atoms with Crippen LogP contribution in [0.15, 0.2) is 87.9 Å². The SMILES string of the molecule is N#CC(C(=O)Nc1ccc(Cl)cc1)=C1SC(Cc2ccc(F)cc2)C(=O)N1c1ccc(Br)cc1. The molecule has 34 heavy (non-hydrogen) atoms. The molecule has 5 nitrogen and oxygen atoms in total. The largest absolute Gasteiger partial charge is 0.321 e. The molecule has 9 heteroatoms. The van der Waals surface area contributed by atoms with E-state index in [4.69, 9.17) is 11.6 Å². The van der Waals surface area contributed by atoms with Gasteiger partial charge in [0.05, 0.1) is 5.25 Å². The van der Waals surface area contributed by atoms with Crippen molar-refractivity contribution in [2.45, 2.75) is 11.7 Å². The van der Waals surface area contributed by atoms with Gasteiger partial charge in [0, 0.05) is 20.9 Å². The first-order valence-electron chi connectivity index (χ1n) is 10.1. The molecule has 1 heterocycles. The van der Waals surface area contributed by atoms with Crippen LogP contribution in [0.1, 0.15) is 5.56 Å². The summed E-state index contributed by atoms with van der Waals surface area (Å²) in [6.45, 7) is 0. The van der Waals surface area contributed by atoms with E-state index in [2.05, 4.69) is 21.2 Å².